The largest absolute Gasteiger partial charge is 0.473 e. The Morgan fingerprint density at radius 2 is 2.22 bits per heavy atom. The highest BCUT2D eigenvalue weighted by Gasteiger charge is 2.36. The van der Waals surface area contributed by atoms with Gasteiger partial charge in [0.15, 0.2) is 0 Å². The smallest absolute Gasteiger partial charge is 0.237 e. The number of nitrogens with zero attached hydrogens (tertiary/aromatic N) is 5. The number of benzene rings is 1. The Balaban J connectivity index is 1.40. The van der Waals surface area contributed by atoms with Gasteiger partial charge in [-0.25, -0.2) is 15.0 Å². The van der Waals surface area contributed by atoms with Gasteiger partial charge in [0.2, 0.25) is 11.8 Å². The lowest BCUT2D eigenvalue weighted by molar-refractivity contribution is -0.0408. The molecule has 0 spiro atoms. The van der Waals surface area contributed by atoms with Crippen molar-refractivity contribution in [2.45, 2.75) is 25.4 Å². The number of ether oxygens (including phenoxy) is 2. The Bertz CT molecular complexity index is 1340. The highest BCUT2D eigenvalue weighted by Crippen LogP contribution is 2.41. The molecule has 5 rings (SSSR count). The molecule has 4 heterocycles. The number of hydrogen-bond acceptors (Lipinski definition) is 10. The number of morpholine rings is 1. The van der Waals surface area contributed by atoms with Crippen molar-refractivity contribution in [2.24, 2.45) is 0 Å². The van der Waals surface area contributed by atoms with Crippen LogP contribution < -0.4 is 15.4 Å². The molecule has 1 saturated heterocycles. The van der Waals surface area contributed by atoms with Crippen LogP contribution in [0.4, 0.5) is 17.3 Å². The van der Waals surface area contributed by atoms with Crippen molar-refractivity contribution < 1.29 is 14.6 Å². The summed E-state index contributed by atoms with van der Waals surface area (Å²) in [4.78, 5) is 15.8. The molecule has 1 unspecified atom stereocenters. The van der Waals surface area contributed by atoms with Crippen LogP contribution in [0.25, 0.3) is 11.3 Å². The predicted octanol–water partition coefficient (Wildman–Crippen LogP) is 2.85. The Morgan fingerprint density at radius 1 is 1.35 bits per heavy atom. The third-order valence-electron chi connectivity index (χ3n) is 6.85. The summed E-state index contributed by atoms with van der Waals surface area (Å²) >= 11 is 0. The van der Waals surface area contributed by atoms with E-state index in [1.54, 1.807) is 18.5 Å². The molecular formula is C27H31N7O3. The first kappa shape index (κ1) is 24.9. The number of nitriles is 1. The molecule has 0 radical (unpaired) electrons. The van der Waals surface area contributed by atoms with E-state index in [0.29, 0.717) is 48.5 Å². The molecule has 0 saturated carbocycles. The van der Waals surface area contributed by atoms with Crippen molar-refractivity contribution >= 4 is 17.3 Å². The number of aliphatic hydroxyl groups is 1. The van der Waals surface area contributed by atoms with Crippen molar-refractivity contribution in [2.75, 3.05) is 57.1 Å². The number of pyridine rings is 1. The highest BCUT2D eigenvalue weighted by atomic mass is 16.5. The summed E-state index contributed by atoms with van der Waals surface area (Å²) in [5.74, 6) is 0.830. The number of fused-ring (bicyclic) bond motifs is 1. The summed E-state index contributed by atoms with van der Waals surface area (Å²) in [6, 6.07) is 9.81. The number of hydrogen-bond donors (Lipinski definition) is 3. The second-order valence-corrected chi connectivity index (χ2v) is 9.95. The quantitative estimate of drug-likeness (QED) is 0.444. The lowest BCUT2D eigenvalue weighted by Crippen LogP contribution is -2.42. The van der Waals surface area contributed by atoms with E-state index in [1.807, 2.05) is 32.0 Å². The second kappa shape index (κ2) is 10.3. The molecule has 10 nitrogen and oxygen atoms in total. The lowest BCUT2D eigenvalue weighted by Gasteiger charge is -2.29. The zero-order valence-corrected chi connectivity index (χ0v) is 21.3. The zero-order chi connectivity index (χ0) is 26.0. The molecule has 2 aliphatic heterocycles. The Hall–Kier alpha value is -3.78. The van der Waals surface area contributed by atoms with E-state index in [2.05, 4.69) is 38.6 Å². The van der Waals surface area contributed by atoms with Crippen LogP contribution in [0.15, 0.2) is 36.7 Å². The topological polar surface area (TPSA) is 128 Å². The minimum atomic E-state index is -0.471. The summed E-state index contributed by atoms with van der Waals surface area (Å²) in [5.41, 5.74) is 4.79. The van der Waals surface area contributed by atoms with Gasteiger partial charge in [-0.2, -0.15) is 5.26 Å². The standard InChI is InChI=1S/C27H31N7O3/c1-17-8-23(25(30-12-17)37-14-20-13-34(3)6-7-36-20)33-26-29-5-4-22(32-26)18-9-19(11-28)24-21(10-18)27(2,16-35)15-31-24/h4-5,8-10,12,20,31,35H,6-7,13-16H2,1-3H3,(H,29,32,33)/t20?,27-/m1/s1. The number of aromatic nitrogens is 3. The van der Waals surface area contributed by atoms with E-state index >= 15 is 0 Å². The van der Waals surface area contributed by atoms with E-state index in [9.17, 15) is 10.4 Å². The lowest BCUT2D eigenvalue weighted by atomic mass is 9.83. The van der Waals surface area contributed by atoms with E-state index in [-0.39, 0.29) is 12.7 Å². The van der Waals surface area contributed by atoms with Crippen molar-refractivity contribution in [3.63, 3.8) is 0 Å². The Labute approximate surface area is 216 Å². The van der Waals surface area contributed by atoms with Gasteiger partial charge >= 0.3 is 0 Å². The highest BCUT2D eigenvalue weighted by molar-refractivity contribution is 5.76. The van der Waals surface area contributed by atoms with Gasteiger partial charge in [-0.15, -0.1) is 0 Å². The summed E-state index contributed by atoms with van der Waals surface area (Å²) in [7, 11) is 2.07. The van der Waals surface area contributed by atoms with E-state index in [0.717, 1.165) is 35.5 Å². The van der Waals surface area contributed by atoms with Crippen LogP contribution in [-0.2, 0) is 10.2 Å². The van der Waals surface area contributed by atoms with Crippen LogP contribution in [0.2, 0.25) is 0 Å². The summed E-state index contributed by atoms with van der Waals surface area (Å²) < 4.78 is 11.8. The van der Waals surface area contributed by atoms with Gasteiger partial charge in [-0.3, -0.25) is 0 Å². The molecule has 1 aromatic carbocycles. The summed E-state index contributed by atoms with van der Waals surface area (Å²) in [6.45, 7) is 7.26. The molecule has 0 amide bonds. The number of nitrogens with one attached hydrogen (secondary N) is 2. The number of aliphatic hydroxyl groups excluding tert-OH is 1. The van der Waals surface area contributed by atoms with Gasteiger partial charge in [0.05, 0.1) is 30.2 Å². The van der Waals surface area contributed by atoms with Gasteiger partial charge in [0, 0.05) is 43.0 Å². The first-order chi connectivity index (χ1) is 17.9. The maximum absolute atomic E-state index is 10.0. The van der Waals surface area contributed by atoms with E-state index in [4.69, 9.17) is 14.5 Å². The van der Waals surface area contributed by atoms with Gasteiger partial charge in [0.25, 0.3) is 0 Å². The van der Waals surface area contributed by atoms with E-state index in [1.165, 1.54) is 0 Å². The fourth-order valence-electron chi connectivity index (χ4n) is 4.67. The molecule has 192 valence electrons. The van der Waals surface area contributed by atoms with Crippen LogP contribution in [0.3, 0.4) is 0 Å². The van der Waals surface area contributed by atoms with Crippen molar-refractivity contribution in [3.8, 4) is 23.2 Å². The van der Waals surface area contributed by atoms with Crippen LogP contribution in [0.1, 0.15) is 23.6 Å². The average Bonchev–Trinajstić information content (AvgIpc) is 3.25. The van der Waals surface area contributed by atoms with Crippen molar-refractivity contribution in [1.82, 2.24) is 19.9 Å². The summed E-state index contributed by atoms with van der Waals surface area (Å²) in [6.07, 6.45) is 3.40. The first-order valence-corrected chi connectivity index (χ1v) is 12.3. The molecule has 37 heavy (non-hydrogen) atoms. The monoisotopic (exact) mass is 501 g/mol. The summed E-state index contributed by atoms with van der Waals surface area (Å²) in [5, 5.41) is 26.3. The maximum atomic E-state index is 10.0. The van der Waals surface area contributed by atoms with Crippen LogP contribution in [0.5, 0.6) is 5.88 Å². The SMILES string of the molecule is Cc1cnc(OCC2CN(C)CCO2)c(Nc2nccc(-c3cc(C#N)c4c(c3)[C@@](C)(CO)CN4)n2)c1. The average molecular weight is 502 g/mol. The van der Waals surface area contributed by atoms with Crippen molar-refractivity contribution in [1.29, 1.82) is 5.26 Å². The first-order valence-electron chi connectivity index (χ1n) is 12.3. The van der Waals surface area contributed by atoms with Crippen LogP contribution in [-0.4, -0.2) is 77.6 Å². The molecule has 0 bridgehead atoms. The maximum Gasteiger partial charge on any atom is 0.237 e. The Morgan fingerprint density at radius 3 is 3.00 bits per heavy atom. The van der Waals surface area contributed by atoms with Crippen LogP contribution >= 0.6 is 0 Å². The molecule has 0 aliphatic carbocycles. The second-order valence-electron chi connectivity index (χ2n) is 9.95. The van der Waals surface area contributed by atoms with Crippen LogP contribution in [0, 0.1) is 18.3 Å². The number of anilines is 3. The number of rotatable bonds is 7. The van der Waals surface area contributed by atoms with Gasteiger partial charge in [-0.05, 0) is 49.4 Å². The molecular weight excluding hydrogens is 470 g/mol. The number of likely N-dealkylation sites (N-methyl/N-ethyl adjacent to an activating group) is 1. The van der Waals surface area contributed by atoms with Gasteiger partial charge < -0.3 is 30.1 Å². The molecule has 2 atom stereocenters. The van der Waals surface area contributed by atoms with Gasteiger partial charge in [0.1, 0.15) is 24.5 Å². The molecule has 2 aliphatic rings. The molecule has 3 aromatic rings. The fraction of sp³-hybridized carbons (Fsp3) is 0.407. The molecule has 3 N–H and O–H groups in total. The van der Waals surface area contributed by atoms with Crippen molar-refractivity contribution in [3.05, 3.63) is 53.3 Å². The zero-order valence-electron chi connectivity index (χ0n) is 21.3. The fourth-order valence-corrected chi connectivity index (χ4v) is 4.67. The minimum Gasteiger partial charge on any atom is -0.473 e. The Kier molecular flexibility index (Phi) is 6.93. The molecule has 10 heteroatoms. The normalized spacial score (nSPS) is 21.1. The van der Waals surface area contributed by atoms with E-state index < -0.39 is 5.41 Å². The third kappa shape index (κ3) is 5.20. The molecule has 1 fully saturated rings. The number of aryl methyl sites for hydroxylation is 1. The predicted molar refractivity (Wildman–Crippen MR) is 140 cm³/mol. The minimum absolute atomic E-state index is 0.0246. The van der Waals surface area contributed by atoms with Gasteiger partial charge in [-0.1, -0.05) is 6.92 Å². The molecule has 2 aromatic heterocycles. The third-order valence-corrected chi connectivity index (χ3v) is 6.85.